The van der Waals surface area contributed by atoms with Gasteiger partial charge in [0.05, 0.1) is 0 Å². The fourth-order valence-electron chi connectivity index (χ4n) is 3.51. The Morgan fingerprint density at radius 3 is 1.45 bits per heavy atom. The fourth-order valence-corrected chi connectivity index (χ4v) is 3.51. The second-order valence-corrected chi connectivity index (χ2v) is 5.97. The van der Waals surface area contributed by atoms with E-state index in [4.69, 9.17) is 0 Å². The van der Waals surface area contributed by atoms with Crippen LogP contribution in [0.25, 0.3) is 0 Å². The quantitative estimate of drug-likeness (QED) is 0.578. The highest BCUT2D eigenvalue weighted by atomic mass is 16.2. The third-order valence-electron chi connectivity index (χ3n) is 4.70. The maximum absolute atomic E-state index is 11.8. The molecule has 1 saturated carbocycles. The van der Waals surface area contributed by atoms with E-state index in [2.05, 4.69) is 0 Å². The number of allylic oxidation sites excluding steroid dienone is 8. The number of hydrogen-bond acceptors (Lipinski definition) is 4. The van der Waals surface area contributed by atoms with Crippen molar-refractivity contribution in [3.8, 4) is 0 Å². The molecule has 0 heterocycles. The second-order valence-electron chi connectivity index (χ2n) is 5.97. The summed E-state index contributed by atoms with van der Waals surface area (Å²) in [7, 11) is 0. The Bertz CT molecular complexity index is 641. The van der Waals surface area contributed by atoms with E-state index in [1.807, 2.05) is 0 Å². The molecule has 4 nitrogen and oxygen atoms in total. The number of carbonyl (C=O) groups excluding carboxylic acids is 4. The molecule has 112 valence electrons. The molecule has 4 heteroatoms. The SMILES string of the molecule is O=C1C=CC(C2(C3=CC(=O)C(=O)C=C3)CCCCC2)=CC1=O. The topological polar surface area (TPSA) is 68.3 Å². The fraction of sp³-hybridized carbons (Fsp3) is 0.333. The van der Waals surface area contributed by atoms with Gasteiger partial charge in [-0.25, -0.2) is 0 Å². The molecule has 22 heavy (non-hydrogen) atoms. The first kappa shape index (κ1) is 14.6. The highest BCUT2D eigenvalue weighted by molar-refractivity contribution is 6.47. The lowest BCUT2D eigenvalue weighted by atomic mass is 9.62. The summed E-state index contributed by atoms with van der Waals surface area (Å²) in [5.74, 6) is -2.08. The van der Waals surface area contributed by atoms with Gasteiger partial charge in [-0.1, -0.05) is 31.4 Å². The first-order valence-corrected chi connectivity index (χ1v) is 7.50. The Labute approximate surface area is 128 Å². The van der Waals surface area contributed by atoms with Crippen LogP contribution in [0.5, 0.6) is 0 Å². The van der Waals surface area contributed by atoms with Gasteiger partial charge in [-0.3, -0.25) is 19.2 Å². The Morgan fingerprint density at radius 1 is 0.591 bits per heavy atom. The van der Waals surface area contributed by atoms with Gasteiger partial charge in [0.15, 0.2) is 0 Å². The predicted molar refractivity (Wildman–Crippen MR) is 80.0 cm³/mol. The van der Waals surface area contributed by atoms with E-state index in [-0.39, 0.29) is 0 Å². The van der Waals surface area contributed by atoms with E-state index >= 15 is 0 Å². The zero-order chi connectivity index (χ0) is 15.7. The van der Waals surface area contributed by atoms with Crippen molar-refractivity contribution in [1.82, 2.24) is 0 Å². The summed E-state index contributed by atoms with van der Waals surface area (Å²) in [6, 6.07) is 0. The first-order chi connectivity index (χ1) is 10.5. The summed E-state index contributed by atoms with van der Waals surface area (Å²) in [5.41, 5.74) is 1.10. The van der Waals surface area contributed by atoms with E-state index in [1.165, 1.54) is 24.3 Å². The van der Waals surface area contributed by atoms with Crippen LogP contribution in [-0.4, -0.2) is 23.1 Å². The van der Waals surface area contributed by atoms with Crippen LogP contribution in [0.3, 0.4) is 0 Å². The monoisotopic (exact) mass is 296 g/mol. The zero-order valence-corrected chi connectivity index (χ0v) is 12.1. The van der Waals surface area contributed by atoms with E-state index < -0.39 is 28.5 Å². The molecule has 0 aromatic carbocycles. The van der Waals surface area contributed by atoms with Crippen molar-refractivity contribution in [1.29, 1.82) is 0 Å². The minimum atomic E-state index is -0.523. The van der Waals surface area contributed by atoms with Crippen LogP contribution < -0.4 is 0 Å². The van der Waals surface area contributed by atoms with Gasteiger partial charge in [0.25, 0.3) is 0 Å². The minimum Gasteiger partial charge on any atom is -0.286 e. The lowest BCUT2D eigenvalue weighted by Gasteiger charge is -2.40. The molecule has 3 aliphatic rings. The largest absolute Gasteiger partial charge is 0.286 e. The van der Waals surface area contributed by atoms with Crippen molar-refractivity contribution < 1.29 is 19.2 Å². The van der Waals surface area contributed by atoms with Gasteiger partial charge in [-0.2, -0.15) is 0 Å². The molecular formula is C18H16O4. The van der Waals surface area contributed by atoms with E-state index in [1.54, 1.807) is 12.2 Å². The zero-order valence-electron chi connectivity index (χ0n) is 12.1. The summed E-state index contributed by atoms with van der Waals surface area (Å²) in [4.78, 5) is 46.3. The van der Waals surface area contributed by atoms with Gasteiger partial charge in [-0.05, 0) is 48.3 Å². The van der Waals surface area contributed by atoms with Crippen molar-refractivity contribution in [3.05, 3.63) is 47.6 Å². The molecule has 0 aromatic heterocycles. The van der Waals surface area contributed by atoms with Gasteiger partial charge < -0.3 is 0 Å². The van der Waals surface area contributed by atoms with Gasteiger partial charge >= 0.3 is 0 Å². The highest BCUT2D eigenvalue weighted by Gasteiger charge is 2.40. The van der Waals surface area contributed by atoms with Gasteiger partial charge in [0.1, 0.15) is 0 Å². The number of rotatable bonds is 2. The Hall–Kier alpha value is -2.36. The minimum absolute atomic E-state index is 0.446. The predicted octanol–water partition coefficient (Wildman–Crippen LogP) is 2.21. The number of hydrogen-bond donors (Lipinski definition) is 0. The summed E-state index contributed by atoms with van der Waals surface area (Å²) >= 11 is 0. The molecule has 0 atom stereocenters. The average molecular weight is 296 g/mol. The molecule has 0 aromatic rings. The summed E-state index contributed by atoms with van der Waals surface area (Å²) < 4.78 is 0. The van der Waals surface area contributed by atoms with Crippen molar-refractivity contribution >= 4 is 23.1 Å². The maximum atomic E-state index is 11.8. The van der Waals surface area contributed by atoms with Gasteiger partial charge in [0.2, 0.25) is 23.1 Å². The van der Waals surface area contributed by atoms with Crippen LogP contribution in [0.15, 0.2) is 47.6 Å². The van der Waals surface area contributed by atoms with Crippen LogP contribution in [0, 0.1) is 5.41 Å². The Morgan fingerprint density at radius 2 is 1.05 bits per heavy atom. The van der Waals surface area contributed by atoms with Crippen molar-refractivity contribution in [3.63, 3.8) is 0 Å². The molecule has 0 spiro atoms. The number of ketones is 4. The molecule has 0 bridgehead atoms. The van der Waals surface area contributed by atoms with Crippen LogP contribution in [0.2, 0.25) is 0 Å². The molecule has 0 radical (unpaired) electrons. The third-order valence-corrected chi connectivity index (χ3v) is 4.70. The molecule has 0 N–H and O–H groups in total. The standard InChI is InChI=1S/C18H16O4/c19-14-6-4-12(10-16(14)21)18(8-2-1-3-9-18)13-5-7-15(20)17(22)11-13/h4-7,10-11H,1-3,8-9H2. The van der Waals surface area contributed by atoms with Gasteiger partial charge in [-0.15, -0.1) is 0 Å². The lowest BCUT2D eigenvalue weighted by Crippen LogP contribution is -2.32. The van der Waals surface area contributed by atoms with Crippen LogP contribution in [0.1, 0.15) is 32.1 Å². The Balaban J connectivity index is 2.07. The van der Waals surface area contributed by atoms with Crippen LogP contribution in [-0.2, 0) is 19.2 Å². The molecule has 0 unspecified atom stereocenters. The molecular weight excluding hydrogens is 280 g/mol. The van der Waals surface area contributed by atoms with E-state index in [9.17, 15) is 19.2 Å². The Kier molecular flexibility index (Phi) is 3.61. The van der Waals surface area contributed by atoms with E-state index in [0.29, 0.717) is 0 Å². The average Bonchev–Trinajstić information content (AvgIpc) is 2.53. The van der Waals surface area contributed by atoms with Crippen molar-refractivity contribution in [2.45, 2.75) is 32.1 Å². The molecule has 3 aliphatic carbocycles. The smallest absolute Gasteiger partial charge is 0.226 e. The normalized spacial score (nSPS) is 24.4. The summed E-state index contributed by atoms with van der Waals surface area (Å²) in [5, 5.41) is 0. The molecule has 0 saturated heterocycles. The van der Waals surface area contributed by atoms with Crippen LogP contribution in [0.4, 0.5) is 0 Å². The second kappa shape index (κ2) is 5.44. The first-order valence-electron chi connectivity index (χ1n) is 7.50. The molecule has 0 aliphatic heterocycles. The molecule has 1 fully saturated rings. The van der Waals surface area contributed by atoms with Crippen LogP contribution >= 0.6 is 0 Å². The summed E-state index contributed by atoms with van der Waals surface area (Å²) in [6.45, 7) is 0. The van der Waals surface area contributed by atoms with E-state index in [0.717, 1.165) is 43.3 Å². The lowest BCUT2D eigenvalue weighted by molar-refractivity contribution is -0.131. The maximum Gasteiger partial charge on any atom is 0.226 e. The molecule has 0 amide bonds. The number of carbonyl (C=O) groups is 4. The highest BCUT2D eigenvalue weighted by Crippen LogP contribution is 2.50. The van der Waals surface area contributed by atoms with Gasteiger partial charge in [0, 0.05) is 5.41 Å². The van der Waals surface area contributed by atoms with Crippen molar-refractivity contribution in [2.24, 2.45) is 5.41 Å². The molecule has 3 rings (SSSR count). The van der Waals surface area contributed by atoms with Crippen molar-refractivity contribution in [2.75, 3.05) is 0 Å². The summed E-state index contributed by atoms with van der Waals surface area (Å²) in [6.07, 6.45) is 13.4. The third kappa shape index (κ3) is 2.34.